The molecule has 1 aromatic rings. The van der Waals surface area contributed by atoms with Gasteiger partial charge in [0.25, 0.3) is 0 Å². The minimum absolute atomic E-state index is 0.549. The summed E-state index contributed by atoms with van der Waals surface area (Å²) in [5.41, 5.74) is 7.13. The Bertz CT molecular complexity index is 391. The lowest BCUT2D eigenvalue weighted by Gasteiger charge is -2.40. The summed E-state index contributed by atoms with van der Waals surface area (Å²) < 4.78 is 1.08. The fourth-order valence-corrected chi connectivity index (χ4v) is 3.24. The van der Waals surface area contributed by atoms with Gasteiger partial charge in [-0.1, -0.05) is 13.3 Å². The van der Waals surface area contributed by atoms with Crippen LogP contribution in [-0.4, -0.2) is 48.6 Å². The van der Waals surface area contributed by atoms with Gasteiger partial charge in [-0.2, -0.15) is 0 Å². The van der Waals surface area contributed by atoms with Crippen molar-refractivity contribution in [1.29, 1.82) is 0 Å². The first-order valence-corrected chi connectivity index (χ1v) is 7.84. The number of nitrogens with two attached hydrogens (primary N) is 1. The lowest BCUT2D eigenvalue weighted by Crippen LogP contribution is -2.52. The van der Waals surface area contributed by atoms with Gasteiger partial charge < -0.3 is 10.6 Å². The zero-order valence-corrected chi connectivity index (χ0v) is 13.1. The predicted molar refractivity (Wildman–Crippen MR) is 83.5 cm³/mol. The van der Waals surface area contributed by atoms with Gasteiger partial charge in [-0.25, -0.2) is 0 Å². The fourth-order valence-electron chi connectivity index (χ4n) is 2.74. The van der Waals surface area contributed by atoms with Gasteiger partial charge in [-0.3, -0.25) is 9.88 Å². The third-order valence-corrected chi connectivity index (χ3v) is 4.43. The number of anilines is 1. The zero-order valence-electron chi connectivity index (χ0n) is 11.6. The third-order valence-electron chi connectivity index (χ3n) is 3.82. The van der Waals surface area contributed by atoms with E-state index < -0.39 is 0 Å². The Hall–Kier alpha value is -0.650. The average Bonchev–Trinajstić information content (AvgIpc) is 2.46. The van der Waals surface area contributed by atoms with E-state index in [1.165, 1.54) is 18.5 Å². The number of piperazine rings is 1. The van der Waals surface area contributed by atoms with E-state index in [0.717, 1.165) is 37.2 Å². The lowest BCUT2D eigenvalue weighted by molar-refractivity contribution is 0.179. The van der Waals surface area contributed by atoms with E-state index in [1.807, 2.05) is 12.4 Å². The van der Waals surface area contributed by atoms with Crippen LogP contribution >= 0.6 is 15.9 Å². The second-order valence-corrected chi connectivity index (χ2v) is 5.88. The highest BCUT2D eigenvalue weighted by molar-refractivity contribution is 9.10. The minimum atomic E-state index is 0.549. The Morgan fingerprint density at radius 1 is 1.37 bits per heavy atom. The average molecular weight is 327 g/mol. The molecule has 0 bridgehead atoms. The van der Waals surface area contributed by atoms with Crippen LogP contribution in [0.3, 0.4) is 0 Å². The summed E-state index contributed by atoms with van der Waals surface area (Å²) in [6, 6.07) is 2.62. The highest BCUT2D eigenvalue weighted by atomic mass is 79.9. The molecule has 2 N–H and O–H groups in total. The van der Waals surface area contributed by atoms with Crippen LogP contribution in [0.15, 0.2) is 22.9 Å². The quantitative estimate of drug-likeness (QED) is 0.900. The van der Waals surface area contributed by atoms with Crippen molar-refractivity contribution in [3.8, 4) is 0 Å². The first-order chi connectivity index (χ1) is 9.26. The van der Waals surface area contributed by atoms with Crippen LogP contribution in [0.4, 0.5) is 5.69 Å². The van der Waals surface area contributed by atoms with Crippen LogP contribution in [0, 0.1) is 0 Å². The number of hydrogen-bond acceptors (Lipinski definition) is 4. The normalized spacial score (nSPS) is 18.6. The summed E-state index contributed by atoms with van der Waals surface area (Å²) in [4.78, 5) is 9.08. The Kier molecular flexibility index (Phi) is 5.60. The van der Waals surface area contributed by atoms with E-state index in [2.05, 4.69) is 43.7 Å². The van der Waals surface area contributed by atoms with Gasteiger partial charge in [0, 0.05) is 51.2 Å². The van der Waals surface area contributed by atoms with Crippen molar-refractivity contribution in [3.63, 3.8) is 0 Å². The molecule has 1 fully saturated rings. The van der Waals surface area contributed by atoms with E-state index in [0.29, 0.717) is 6.04 Å². The molecule has 2 rings (SSSR count). The van der Waals surface area contributed by atoms with Crippen molar-refractivity contribution in [2.45, 2.75) is 25.8 Å². The molecule has 1 saturated heterocycles. The third kappa shape index (κ3) is 3.68. The molecule has 0 amide bonds. The molecule has 1 atom stereocenters. The van der Waals surface area contributed by atoms with E-state index in [1.54, 1.807) is 0 Å². The number of rotatable bonds is 5. The van der Waals surface area contributed by atoms with E-state index in [4.69, 9.17) is 5.73 Å². The summed E-state index contributed by atoms with van der Waals surface area (Å²) >= 11 is 3.58. The first-order valence-electron chi connectivity index (χ1n) is 7.04. The van der Waals surface area contributed by atoms with Crippen LogP contribution < -0.4 is 10.6 Å². The second-order valence-electron chi connectivity index (χ2n) is 5.03. The van der Waals surface area contributed by atoms with Gasteiger partial charge in [0.1, 0.15) is 0 Å². The van der Waals surface area contributed by atoms with Crippen LogP contribution in [0.5, 0.6) is 0 Å². The number of halogens is 1. The summed E-state index contributed by atoms with van der Waals surface area (Å²) in [5, 5.41) is 0. The van der Waals surface area contributed by atoms with Crippen LogP contribution in [0.25, 0.3) is 0 Å². The van der Waals surface area contributed by atoms with Gasteiger partial charge in [0.05, 0.1) is 10.2 Å². The van der Waals surface area contributed by atoms with Crippen molar-refractivity contribution in [2.75, 3.05) is 37.6 Å². The Balaban J connectivity index is 1.94. The number of nitrogens with zero attached hydrogens (tertiary/aromatic N) is 3. The summed E-state index contributed by atoms with van der Waals surface area (Å²) in [7, 11) is 0. The van der Waals surface area contributed by atoms with Crippen LogP contribution in [-0.2, 0) is 0 Å². The van der Waals surface area contributed by atoms with E-state index >= 15 is 0 Å². The molecule has 0 spiro atoms. The largest absolute Gasteiger partial charge is 0.368 e. The molecular formula is C14H23BrN4. The summed E-state index contributed by atoms with van der Waals surface area (Å²) in [5.74, 6) is 0. The van der Waals surface area contributed by atoms with Crippen LogP contribution in [0.1, 0.15) is 19.8 Å². The molecule has 0 aromatic carbocycles. The Morgan fingerprint density at radius 3 is 2.68 bits per heavy atom. The second kappa shape index (κ2) is 7.22. The zero-order chi connectivity index (χ0) is 13.7. The van der Waals surface area contributed by atoms with Gasteiger partial charge in [0.15, 0.2) is 0 Å². The maximum atomic E-state index is 5.89. The molecule has 1 unspecified atom stereocenters. The van der Waals surface area contributed by atoms with Gasteiger partial charge in [-0.05, 0) is 28.4 Å². The lowest BCUT2D eigenvalue weighted by atomic mass is 10.1. The molecule has 0 radical (unpaired) electrons. The summed E-state index contributed by atoms with van der Waals surface area (Å²) in [6.07, 6.45) is 6.13. The molecule has 2 heterocycles. The summed E-state index contributed by atoms with van der Waals surface area (Å²) in [6.45, 7) is 7.30. The van der Waals surface area contributed by atoms with E-state index in [9.17, 15) is 0 Å². The molecule has 0 aliphatic carbocycles. The topological polar surface area (TPSA) is 45.4 Å². The van der Waals surface area contributed by atoms with Crippen molar-refractivity contribution in [3.05, 3.63) is 22.9 Å². The SMILES string of the molecule is CCCC(CN)N1CCN(c2ccncc2Br)CC1. The van der Waals surface area contributed by atoms with Gasteiger partial charge in [0.2, 0.25) is 0 Å². The Morgan fingerprint density at radius 2 is 2.11 bits per heavy atom. The molecule has 1 aliphatic heterocycles. The fraction of sp³-hybridized carbons (Fsp3) is 0.643. The monoisotopic (exact) mass is 326 g/mol. The maximum absolute atomic E-state index is 5.89. The van der Waals surface area contributed by atoms with Crippen molar-refractivity contribution >= 4 is 21.6 Å². The number of aromatic nitrogens is 1. The smallest absolute Gasteiger partial charge is 0.0592 e. The Labute approximate surface area is 124 Å². The van der Waals surface area contributed by atoms with Crippen molar-refractivity contribution in [2.24, 2.45) is 5.73 Å². The number of pyridine rings is 1. The minimum Gasteiger partial charge on any atom is -0.368 e. The van der Waals surface area contributed by atoms with Crippen LogP contribution in [0.2, 0.25) is 0 Å². The molecule has 0 saturated carbocycles. The molecular weight excluding hydrogens is 304 g/mol. The molecule has 5 heteroatoms. The predicted octanol–water partition coefficient (Wildman–Crippen LogP) is 2.09. The first kappa shape index (κ1) is 14.8. The molecule has 106 valence electrons. The molecule has 1 aromatic heterocycles. The van der Waals surface area contributed by atoms with E-state index in [-0.39, 0.29) is 0 Å². The van der Waals surface area contributed by atoms with Gasteiger partial charge >= 0.3 is 0 Å². The standard InChI is InChI=1S/C14H23BrN4/c1-2-3-12(10-16)18-6-8-19(9-7-18)14-4-5-17-11-13(14)15/h4-5,11-12H,2-3,6-10,16H2,1H3. The van der Waals surface area contributed by atoms with Crippen molar-refractivity contribution < 1.29 is 0 Å². The molecule has 1 aliphatic rings. The highest BCUT2D eigenvalue weighted by Crippen LogP contribution is 2.26. The number of hydrogen-bond donors (Lipinski definition) is 1. The molecule has 19 heavy (non-hydrogen) atoms. The molecule has 4 nitrogen and oxygen atoms in total. The van der Waals surface area contributed by atoms with Gasteiger partial charge in [-0.15, -0.1) is 0 Å². The van der Waals surface area contributed by atoms with Crippen molar-refractivity contribution in [1.82, 2.24) is 9.88 Å². The highest BCUT2D eigenvalue weighted by Gasteiger charge is 2.23. The maximum Gasteiger partial charge on any atom is 0.0592 e.